The van der Waals surface area contributed by atoms with Crippen molar-refractivity contribution in [1.82, 2.24) is 10.2 Å². The maximum Gasteiger partial charge on any atom is 0.318 e. The van der Waals surface area contributed by atoms with Gasteiger partial charge in [0.05, 0.1) is 0 Å². The van der Waals surface area contributed by atoms with Crippen LogP contribution < -0.4 is 4.90 Å². The molecule has 1 fully saturated rings. The normalized spacial score (nSPS) is 18.8. The molecule has 0 N–H and O–H groups in total. The van der Waals surface area contributed by atoms with E-state index in [0.29, 0.717) is 11.9 Å². The van der Waals surface area contributed by atoms with Crippen LogP contribution in [-0.4, -0.2) is 37.0 Å². The minimum Gasteiger partial charge on any atom is -0.408 e. The van der Waals surface area contributed by atoms with Gasteiger partial charge in [-0.2, -0.15) is 0 Å². The van der Waals surface area contributed by atoms with Crippen molar-refractivity contribution in [1.29, 1.82) is 0 Å². The second-order valence-corrected chi connectivity index (χ2v) is 5.49. The third kappa shape index (κ3) is 3.69. The van der Waals surface area contributed by atoms with Crippen molar-refractivity contribution in [3.05, 3.63) is 5.89 Å². The van der Waals surface area contributed by atoms with Crippen LogP contribution in [0.2, 0.25) is 0 Å². The number of aryl methyl sites for hydroxylation is 1. The van der Waals surface area contributed by atoms with Gasteiger partial charge >= 0.3 is 6.01 Å². The Morgan fingerprint density at radius 2 is 2.11 bits per heavy atom. The fourth-order valence-corrected chi connectivity index (χ4v) is 2.75. The Bertz CT molecular complexity index is 373. The minimum atomic E-state index is 0.630. The molecule has 0 bridgehead atoms. The van der Waals surface area contributed by atoms with Crippen molar-refractivity contribution in [2.75, 3.05) is 31.7 Å². The van der Waals surface area contributed by atoms with Crippen LogP contribution in [0.3, 0.4) is 0 Å². The lowest BCUT2D eigenvalue weighted by Gasteiger charge is -2.33. The van der Waals surface area contributed by atoms with Gasteiger partial charge in [0, 0.05) is 33.2 Å². The summed E-state index contributed by atoms with van der Waals surface area (Å²) in [6.07, 6.45) is 4.26. The number of ether oxygens (including phenoxy) is 1. The number of piperidine rings is 1. The molecule has 0 radical (unpaired) electrons. The highest BCUT2D eigenvalue weighted by Crippen LogP contribution is 2.27. The number of nitrogens with zero attached hydrogens (tertiary/aromatic N) is 3. The predicted octanol–water partition coefficient (Wildman–Crippen LogP) is 2.52. The van der Waals surface area contributed by atoms with E-state index in [4.69, 9.17) is 9.15 Å². The fourth-order valence-electron chi connectivity index (χ4n) is 2.75. The zero-order chi connectivity index (χ0) is 13.7. The van der Waals surface area contributed by atoms with E-state index in [-0.39, 0.29) is 0 Å². The second kappa shape index (κ2) is 6.89. The summed E-state index contributed by atoms with van der Waals surface area (Å²) in [4.78, 5) is 2.21. The predicted molar refractivity (Wildman–Crippen MR) is 74.3 cm³/mol. The summed E-state index contributed by atoms with van der Waals surface area (Å²) in [5.74, 6) is 2.13. The lowest BCUT2D eigenvalue weighted by molar-refractivity contribution is 0.119. The molecule has 1 saturated heterocycles. The topological polar surface area (TPSA) is 51.4 Å². The van der Waals surface area contributed by atoms with Crippen molar-refractivity contribution in [3.8, 4) is 0 Å². The van der Waals surface area contributed by atoms with Crippen molar-refractivity contribution in [3.63, 3.8) is 0 Å². The molecular weight excluding hydrogens is 242 g/mol. The zero-order valence-corrected chi connectivity index (χ0v) is 12.3. The van der Waals surface area contributed by atoms with Crippen LogP contribution in [0.5, 0.6) is 0 Å². The Labute approximate surface area is 115 Å². The van der Waals surface area contributed by atoms with Gasteiger partial charge in [-0.3, -0.25) is 0 Å². The molecule has 1 aliphatic heterocycles. The Morgan fingerprint density at radius 1 is 1.37 bits per heavy atom. The van der Waals surface area contributed by atoms with Crippen LogP contribution >= 0.6 is 0 Å². The van der Waals surface area contributed by atoms with E-state index in [2.05, 4.69) is 28.9 Å². The highest BCUT2D eigenvalue weighted by atomic mass is 16.5. The molecule has 1 aromatic heterocycles. The molecule has 5 nitrogen and oxygen atoms in total. The largest absolute Gasteiger partial charge is 0.408 e. The van der Waals surface area contributed by atoms with Crippen LogP contribution in [0.25, 0.3) is 0 Å². The average Bonchev–Trinajstić information content (AvgIpc) is 2.88. The van der Waals surface area contributed by atoms with Crippen LogP contribution in [-0.2, 0) is 11.2 Å². The SMILES string of the molecule is CCCc1nnc(N2CCC(C(C)COC)CC2)o1. The minimum absolute atomic E-state index is 0.630. The van der Waals surface area contributed by atoms with Crippen LogP contribution in [0.15, 0.2) is 4.42 Å². The summed E-state index contributed by atoms with van der Waals surface area (Å²) < 4.78 is 10.9. The van der Waals surface area contributed by atoms with Crippen molar-refractivity contribution in [2.45, 2.75) is 39.5 Å². The van der Waals surface area contributed by atoms with Crippen molar-refractivity contribution >= 4 is 6.01 Å². The highest BCUT2D eigenvalue weighted by molar-refractivity contribution is 5.24. The molecule has 108 valence electrons. The molecule has 5 heteroatoms. The van der Waals surface area contributed by atoms with E-state index >= 15 is 0 Å². The van der Waals surface area contributed by atoms with Gasteiger partial charge < -0.3 is 14.1 Å². The van der Waals surface area contributed by atoms with Gasteiger partial charge in [-0.1, -0.05) is 18.9 Å². The van der Waals surface area contributed by atoms with Gasteiger partial charge in [0.25, 0.3) is 0 Å². The first kappa shape index (κ1) is 14.3. The standard InChI is InChI=1S/C14H25N3O2/c1-4-5-13-15-16-14(19-13)17-8-6-12(7-9-17)11(2)10-18-3/h11-12H,4-10H2,1-3H3. The summed E-state index contributed by atoms with van der Waals surface area (Å²) in [7, 11) is 1.78. The summed E-state index contributed by atoms with van der Waals surface area (Å²) in [5.41, 5.74) is 0. The summed E-state index contributed by atoms with van der Waals surface area (Å²) in [6, 6.07) is 0.696. The third-order valence-corrected chi connectivity index (χ3v) is 3.96. The van der Waals surface area contributed by atoms with Gasteiger partial charge in [-0.15, -0.1) is 5.10 Å². The number of hydrogen-bond acceptors (Lipinski definition) is 5. The van der Waals surface area contributed by atoms with Crippen LogP contribution in [0.4, 0.5) is 6.01 Å². The van der Waals surface area contributed by atoms with Crippen LogP contribution in [0.1, 0.15) is 39.0 Å². The number of anilines is 1. The quantitative estimate of drug-likeness (QED) is 0.792. The molecule has 0 aromatic carbocycles. The monoisotopic (exact) mass is 267 g/mol. The Hall–Kier alpha value is -1.10. The van der Waals surface area contributed by atoms with E-state index in [1.165, 1.54) is 12.8 Å². The van der Waals surface area contributed by atoms with Gasteiger partial charge in [0.2, 0.25) is 5.89 Å². The Kier molecular flexibility index (Phi) is 5.19. The molecule has 0 aliphatic carbocycles. The molecule has 1 aliphatic rings. The zero-order valence-electron chi connectivity index (χ0n) is 12.3. The molecule has 1 aromatic rings. The molecule has 2 heterocycles. The lowest BCUT2D eigenvalue weighted by Crippen LogP contribution is -2.36. The van der Waals surface area contributed by atoms with Gasteiger partial charge in [0.15, 0.2) is 0 Å². The third-order valence-electron chi connectivity index (χ3n) is 3.96. The summed E-state index contributed by atoms with van der Waals surface area (Å²) in [5, 5.41) is 8.24. The molecule has 0 saturated carbocycles. The summed E-state index contributed by atoms with van der Waals surface area (Å²) in [6.45, 7) is 7.26. The molecule has 0 amide bonds. The maximum atomic E-state index is 5.69. The van der Waals surface area contributed by atoms with E-state index in [9.17, 15) is 0 Å². The van der Waals surface area contributed by atoms with E-state index < -0.39 is 0 Å². The lowest BCUT2D eigenvalue weighted by atomic mass is 9.86. The van der Waals surface area contributed by atoms with E-state index in [1.54, 1.807) is 7.11 Å². The first-order chi connectivity index (χ1) is 9.24. The van der Waals surface area contributed by atoms with E-state index in [1.807, 2.05) is 0 Å². The fraction of sp³-hybridized carbons (Fsp3) is 0.857. The Morgan fingerprint density at radius 3 is 2.74 bits per heavy atom. The first-order valence-corrected chi connectivity index (χ1v) is 7.30. The smallest absolute Gasteiger partial charge is 0.318 e. The van der Waals surface area contributed by atoms with Crippen molar-refractivity contribution < 1.29 is 9.15 Å². The molecule has 1 atom stereocenters. The van der Waals surface area contributed by atoms with E-state index in [0.717, 1.165) is 44.3 Å². The van der Waals surface area contributed by atoms with Gasteiger partial charge in [0.1, 0.15) is 0 Å². The van der Waals surface area contributed by atoms with Gasteiger partial charge in [-0.25, -0.2) is 0 Å². The maximum absolute atomic E-state index is 5.69. The summed E-state index contributed by atoms with van der Waals surface area (Å²) >= 11 is 0. The Balaban J connectivity index is 1.85. The first-order valence-electron chi connectivity index (χ1n) is 7.30. The average molecular weight is 267 g/mol. The molecule has 19 heavy (non-hydrogen) atoms. The number of hydrogen-bond donors (Lipinski definition) is 0. The number of methoxy groups -OCH3 is 1. The second-order valence-electron chi connectivity index (χ2n) is 5.49. The molecule has 2 rings (SSSR count). The molecule has 0 spiro atoms. The molecule has 1 unspecified atom stereocenters. The van der Waals surface area contributed by atoms with Gasteiger partial charge in [-0.05, 0) is 31.1 Å². The molecular formula is C14H25N3O2. The van der Waals surface area contributed by atoms with Crippen LogP contribution in [0, 0.1) is 11.8 Å². The number of aromatic nitrogens is 2. The van der Waals surface area contributed by atoms with Crippen molar-refractivity contribution in [2.24, 2.45) is 11.8 Å². The number of rotatable bonds is 6. The highest BCUT2D eigenvalue weighted by Gasteiger charge is 2.26.